The predicted molar refractivity (Wildman–Crippen MR) is 92.4 cm³/mol. The van der Waals surface area contributed by atoms with Crippen LogP contribution in [0.4, 0.5) is 4.39 Å². The molecule has 2 rings (SSSR count). The van der Waals surface area contributed by atoms with E-state index >= 15 is 0 Å². The molecule has 0 aliphatic heterocycles. The first-order chi connectivity index (χ1) is 12.3. The second-order valence-electron chi connectivity index (χ2n) is 5.29. The lowest BCUT2D eigenvalue weighted by Crippen LogP contribution is -2.27. The monoisotopic (exact) mass is 383 g/mol. The Morgan fingerprint density at radius 2 is 1.92 bits per heavy atom. The van der Waals surface area contributed by atoms with Crippen LogP contribution < -0.4 is 9.46 Å². The molecule has 0 saturated heterocycles. The molecule has 0 aliphatic carbocycles. The number of hydrogen-bond acceptors (Lipinski definition) is 5. The molecular formula is C17H18FNO6S. The third-order valence-corrected chi connectivity index (χ3v) is 4.98. The van der Waals surface area contributed by atoms with Crippen molar-refractivity contribution in [1.82, 2.24) is 4.72 Å². The Kier molecular flexibility index (Phi) is 6.30. The number of sulfonamides is 1. The summed E-state index contributed by atoms with van der Waals surface area (Å²) in [5.41, 5.74) is 0.193. The first kappa shape index (κ1) is 19.8. The standard InChI is InChI=1S/C17H18FNO6S/c1-24-6-5-19-26(22,23)14-8-11(7-12(9-14)17(20)21)15-10-13(18)3-4-16(15)25-2/h3-4,7-10,19H,5-6H2,1-2H3,(H,20,21). The van der Waals surface area contributed by atoms with E-state index in [2.05, 4.69) is 4.72 Å². The molecule has 2 aromatic rings. The average Bonchev–Trinajstić information content (AvgIpc) is 2.61. The molecule has 7 nitrogen and oxygen atoms in total. The van der Waals surface area contributed by atoms with E-state index in [1.807, 2.05) is 0 Å². The van der Waals surface area contributed by atoms with Crippen LogP contribution in [-0.2, 0) is 14.8 Å². The van der Waals surface area contributed by atoms with E-state index in [9.17, 15) is 22.7 Å². The maximum atomic E-state index is 13.7. The van der Waals surface area contributed by atoms with Crippen molar-refractivity contribution in [3.05, 3.63) is 47.8 Å². The molecular weight excluding hydrogens is 365 g/mol. The van der Waals surface area contributed by atoms with Crippen molar-refractivity contribution < 1.29 is 32.2 Å². The third-order valence-electron chi connectivity index (χ3n) is 3.53. The van der Waals surface area contributed by atoms with Gasteiger partial charge in [0.15, 0.2) is 0 Å². The first-order valence-electron chi connectivity index (χ1n) is 7.49. The number of hydrogen-bond donors (Lipinski definition) is 2. The number of methoxy groups -OCH3 is 2. The smallest absolute Gasteiger partial charge is 0.335 e. The maximum Gasteiger partial charge on any atom is 0.335 e. The summed E-state index contributed by atoms with van der Waals surface area (Å²) in [5.74, 6) is -1.59. The Balaban J connectivity index is 2.60. The fourth-order valence-corrected chi connectivity index (χ4v) is 3.38. The number of halogens is 1. The van der Waals surface area contributed by atoms with Crippen LogP contribution in [0.2, 0.25) is 0 Å². The Morgan fingerprint density at radius 1 is 1.19 bits per heavy atom. The molecule has 0 unspecified atom stereocenters. The van der Waals surface area contributed by atoms with Crippen molar-refractivity contribution in [3.8, 4) is 16.9 Å². The van der Waals surface area contributed by atoms with Gasteiger partial charge < -0.3 is 14.6 Å². The molecule has 0 aromatic heterocycles. The van der Waals surface area contributed by atoms with Crippen LogP contribution in [0, 0.1) is 5.82 Å². The van der Waals surface area contributed by atoms with Gasteiger partial charge >= 0.3 is 5.97 Å². The van der Waals surface area contributed by atoms with E-state index in [4.69, 9.17) is 9.47 Å². The van der Waals surface area contributed by atoms with Crippen LogP contribution in [0.5, 0.6) is 5.75 Å². The summed E-state index contributed by atoms with van der Waals surface area (Å²) in [7, 11) is -1.18. The predicted octanol–water partition coefficient (Wildman–Crippen LogP) is 2.12. The van der Waals surface area contributed by atoms with E-state index in [-0.39, 0.29) is 40.5 Å². The van der Waals surface area contributed by atoms with E-state index in [1.54, 1.807) is 0 Å². The van der Waals surface area contributed by atoms with Crippen LogP contribution in [-0.4, -0.2) is 46.9 Å². The zero-order valence-electron chi connectivity index (χ0n) is 14.2. The lowest BCUT2D eigenvalue weighted by Gasteiger charge is -2.12. The largest absolute Gasteiger partial charge is 0.496 e. The van der Waals surface area contributed by atoms with Crippen LogP contribution in [0.15, 0.2) is 41.3 Å². The quantitative estimate of drug-likeness (QED) is 0.677. The summed E-state index contributed by atoms with van der Waals surface area (Å²) in [6, 6.07) is 7.27. The normalized spacial score (nSPS) is 11.3. The topological polar surface area (TPSA) is 102 Å². The summed E-state index contributed by atoms with van der Waals surface area (Å²) in [4.78, 5) is 11.2. The van der Waals surface area contributed by atoms with Gasteiger partial charge in [-0.1, -0.05) is 0 Å². The van der Waals surface area contributed by atoms with Gasteiger partial charge in [-0.15, -0.1) is 0 Å². The zero-order valence-corrected chi connectivity index (χ0v) is 15.0. The lowest BCUT2D eigenvalue weighted by atomic mass is 10.0. The highest BCUT2D eigenvalue weighted by Gasteiger charge is 2.19. The minimum Gasteiger partial charge on any atom is -0.496 e. The van der Waals surface area contributed by atoms with E-state index < -0.39 is 21.8 Å². The summed E-state index contributed by atoms with van der Waals surface area (Å²) >= 11 is 0. The molecule has 0 radical (unpaired) electrons. The fraction of sp³-hybridized carbons (Fsp3) is 0.235. The number of ether oxygens (including phenoxy) is 2. The van der Waals surface area contributed by atoms with Gasteiger partial charge in [-0.3, -0.25) is 0 Å². The molecule has 0 spiro atoms. The first-order valence-corrected chi connectivity index (χ1v) is 8.97. The number of benzene rings is 2. The Hall–Kier alpha value is -2.49. The molecule has 0 atom stereocenters. The van der Waals surface area contributed by atoms with Crippen molar-refractivity contribution >= 4 is 16.0 Å². The molecule has 140 valence electrons. The van der Waals surface area contributed by atoms with Crippen LogP contribution in [0.3, 0.4) is 0 Å². The average molecular weight is 383 g/mol. The number of carbonyl (C=O) groups is 1. The molecule has 0 saturated carbocycles. The van der Waals surface area contributed by atoms with Crippen molar-refractivity contribution in [3.63, 3.8) is 0 Å². The van der Waals surface area contributed by atoms with E-state index in [0.29, 0.717) is 0 Å². The zero-order chi connectivity index (χ0) is 19.3. The van der Waals surface area contributed by atoms with Crippen LogP contribution in [0.25, 0.3) is 11.1 Å². The fourth-order valence-electron chi connectivity index (χ4n) is 2.30. The third kappa shape index (κ3) is 4.57. The van der Waals surface area contributed by atoms with Gasteiger partial charge in [-0.2, -0.15) is 0 Å². The highest BCUT2D eigenvalue weighted by Crippen LogP contribution is 2.33. The summed E-state index contributed by atoms with van der Waals surface area (Å²) in [5, 5.41) is 9.30. The van der Waals surface area contributed by atoms with E-state index in [0.717, 1.165) is 12.1 Å². The minimum atomic E-state index is -3.98. The number of carboxylic acids is 1. The van der Waals surface area contributed by atoms with Crippen molar-refractivity contribution in [2.75, 3.05) is 27.4 Å². The molecule has 9 heteroatoms. The summed E-state index contributed by atoms with van der Waals surface area (Å²) in [6.45, 7) is 0.178. The Bertz CT molecular complexity index is 913. The van der Waals surface area contributed by atoms with Crippen molar-refractivity contribution in [1.29, 1.82) is 0 Å². The number of rotatable bonds is 8. The second-order valence-corrected chi connectivity index (χ2v) is 7.05. The minimum absolute atomic E-state index is 0.0226. The van der Waals surface area contributed by atoms with Crippen LogP contribution >= 0.6 is 0 Å². The van der Waals surface area contributed by atoms with Crippen molar-refractivity contribution in [2.24, 2.45) is 0 Å². The van der Waals surface area contributed by atoms with Gasteiger partial charge in [0.05, 0.1) is 24.2 Å². The van der Waals surface area contributed by atoms with Gasteiger partial charge in [0.2, 0.25) is 10.0 Å². The summed E-state index contributed by atoms with van der Waals surface area (Å²) in [6.07, 6.45) is 0. The van der Waals surface area contributed by atoms with Gasteiger partial charge in [0.25, 0.3) is 0 Å². The maximum absolute atomic E-state index is 13.7. The molecule has 26 heavy (non-hydrogen) atoms. The highest BCUT2D eigenvalue weighted by molar-refractivity contribution is 7.89. The molecule has 2 N–H and O–H groups in total. The van der Waals surface area contributed by atoms with Gasteiger partial charge in [0.1, 0.15) is 11.6 Å². The molecule has 0 bridgehead atoms. The van der Waals surface area contributed by atoms with Gasteiger partial charge in [-0.05, 0) is 42.0 Å². The number of carboxylic acid groups (broad SMARTS) is 1. The Morgan fingerprint density at radius 3 is 2.54 bits per heavy atom. The SMILES string of the molecule is COCCNS(=O)(=O)c1cc(C(=O)O)cc(-c2cc(F)ccc2OC)c1. The van der Waals surface area contributed by atoms with Gasteiger partial charge in [0, 0.05) is 19.2 Å². The van der Waals surface area contributed by atoms with Crippen molar-refractivity contribution in [2.45, 2.75) is 4.90 Å². The molecule has 0 amide bonds. The number of aromatic carboxylic acids is 1. The molecule has 2 aromatic carbocycles. The highest BCUT2D eigenvalue weighted by atomic mass is 32.2. The second kappa shape index (κ2) is 8.26. The van der Waals surface area contributed by atoms with E-state index in [1.165, 1.54) is 38.5 Å². The molecule has 0 heterocycles. The van der Waals surface area contributed by atoms with Crippen LogP contribution in [0.1, 0.15) is 10.4 Å². The Labute approximate surface area is 150 Å². The molecule has 0 aliphatic rings. The van der Waals surface area contributed by atoms with Gasteiger partial charge in [-0.25, -0.2) is 22.3 Å². The summed E-state index contributed by atoms with van der Waals surface area (Å²) < 4.78 is 50.8. The number of nitrogens with one attached hydrogen (secondary N) is 1. The lowest BCUT2D eigenvalue weighted by molar-refractivity contribution is 0.0696. The molecule has 0 fully saturated rings.